The van der Waals surface area contributed by atoms with Gasteiger partial charge in [-0.25, -0.2) is 12.8 Å². The molecule has 0 aliphatic carbocycles. The molecule has 2 N–H and O–H groups in total. The van der Waals surface area contributed by atoms with Crippen LogP contribution in [0.1, 0.15) is 35.3 Å². The Bertz CT molecular complexity index is 1220. The number of amides is 1. The minimum absolute atomic E-state index is 0.0530. The lowest BCUT2D eigenvalue weighted by Crippen LogP contribution is -2.30. The molecule has 0 saturated carbocycles. The van der Waals surface area contributed by atoms with E-state index in [0.29, 0.717) is 0 Å². The molecule has 7 nitrogen and oxygen atoms in total. The monoisotopic (exact) mass is 470 g/mol. The van der Waals surface area contributed by atoms with Crippen molar-refractivity contribution in [3.63, 3.8) is 0 Å². The maximum absolute atomic E-state index is 13.8. The van der Waals surface area contributed by atoms with E-state index in [-0.39, 0.29) is 29.2 Å². The lowest BCUT2D eigenvalue weighted by molar-refractivity contribution is -0.143. The predicted octanol–water partition coefficient (Wildman–Crippen LogP) is 4.05. The van der Waals surface area contributed by atoms with Gasteiger partial charge in [-0.1, -0.05) is 42.5 Å². The summed E-state index contributed by atoms with van der Waals surface area (Å²) < 4.78 is 46.1. The quantitative estimate of drug-likeness (QED) is 0.460. The lowest BCUT2D eigenvalue weighted by Gasteiger charge is -2.18. The number of esters is 1. The van der Waals surface area contributed by atoms with Crippen LogP contribution in [0.4, 0.5) is 10.1 Å². The highest BCUT2D eigenvalue weighted by atomic mass is 32.2. The average Bonchev–Trinajstić information content (AvgIpc) is 2.81. The first-order chi connectivity index (χ1) is 15.8. The van der Waals surface area contributed by atoms with Gasteiger partial charge in [0.05, 0.1) is 29.7 Å². The number of halogens is 1. The molecule has 33 heavy (non-hydrogen) atoms. The summed E-state index contributed by atoms with van der Waals surface area (Å²) in [6, 6.07) is 19.0. The van der Waals surface area contributed by atoms with Crippen LogP contribution in [-0.4, -0.2) is 26.9 Å². The molecule has 3 rings (SSSR count). The first kappa shape index (κ1) is 23.9. The highest BCUT2D eigenvalue weighted by Crippen LogP contribution is 2.21. The predicted molar refractivity (Wildman–Crippen MR) is 122 cm³/mol. The minimum Gasteiger partial charge on any atom is -0.466 e. The number of para-hydroxylation sites is 1. The van der Waals surface area contributed by atoms with Gasteiger partial charge >= 0.3 is 5.97 Å². The first-order valence-corrected chi connectivity index (χ1v) is 11.7. The largest absolute Gasteiger partial charge is 0.466 e. The first-order valence-electron chi connectivity index (χ1n) is 10.2. The number of nitrogens with one attached hydrogen (secondary N) is 2. The Hall–Kier alpha value is -3.72. The van der Waals surface area contributed by atoms with Crippen LogP contribution in [0, 0.1) is 5.82 Å². The lowest BCUT2D eigenvalue weighted by atomic mass is 10.0. The Morgan fingerprint density at radius 1 is 0.939 bits per heavy atom. The Labute approximate surface area is 191 Å². The van der Waals surface area contributed by atoms with Crippen LogP contribution in [-0.2, 0) is 19.6 Å². The van der Waals surface area contributed by atoms with Crippen LogP contribution in [0.15, 0.2) is 83.8 Å². The highest BCUT2D eigenvalue weighted by Gasteiger charge is 2.21. The van der Waals surface area contributed by atoms with E-state index in [1.807, 2.05) is 6.07 Å². The molecule has 0 heterocycles. The van der Waals surface area contributed by atoms with Gasteiger partial charge < -0.3 is 10.1 Å². The summed E-state index contributed by atoms with van der Waals surface area (Å²) in [6.45, 7) is 1.93. The number of hydrogen-bond acceptors (Lipinski definition) is 5. The molecule has 1 amide bonds. The zero-order chi connectivity index (χ0) is 23.8. The van der Waals surface area contributed by atoms with Crippen molar-refractivity contribution in [2.24, 2.45) is 0 Å². The molecule has 0 spiro atoms. The average molecular weight is 471 g/mol. The van der Waals surface area contributed by atoms with Gasteiger partial charge in [0, 0.05) is 5.56 Å². The van der Waals surface area contributed by atoms with Gasteiger partial charge in [-0.05, 0) is 48.9 Å². The van der Waals surface area contributed by atoms with Gasteiger partial charge in [0.15, 0.2) is 0 Å². The number of benzene rings is 3. The third kappa shape index (κ3) is 6.39. The normalized spacial score (nSPS) is 11.9. The molecule has 3 aromatic rings. The Morgan fingerprint density at radius 2 is 1.58 bits per heavy atom. The van der Waals surface area contributed by atoms with Gasteiger partial charge in [0.25, 0.3) is 15.9 Å². The third-order valence-electron chi connectivity index (χ3n) is 4.73. The van der Waals surface area contributed by atoms with Gasteiger partial charge in [-0.2, -0.15) is 0 Å². The van der Waals surface area contributed by atoms with Crippen LogP contribution in [0.2, 0.25) is 0 Å². The van der Waals surface area contributed by atoms with Crippen LogP contribution in [0.3, 0.4) is 0 Å². The van der Waals surface area contributed by atoms with E-state index in [1.165, 1.54) is 42.5 Å². The second kappa shape index (κ2) is 10.7. The Morgan fingerprint density at radius 3 is 2.21 bits per heavy atom. The molecule has 0 aliphatic heterocycles. The molecule has 1 atom stereocenters. The molecule has 0 saturated heterocycles. The number of ether oxygens (including phenoxy) is 1. The van der Waals surface area contributed by atoms with Crippen molar-refractivity contribution >= 4 is 27.6 Å². The van der Waals surface area contributed by atoms with Gasteiger partial charge in [-0.3, -0.25) is 14.3 Å². The van der Waals surface area contributed by atoms with Crippen molar-refractivity contribution in [1.29, 1.82) is 0 Å². The standard InChI is InChI=1S/C24H23FN2O5S/c1-2-32-23(28)16-22(17-8-4-3-5-9-17)26-24(29)18-12-14-19(15-13-18)33(30,31)27-21-11-7-6-10-20(21)25/h3-15,22,27H,2,16H2,1H3,(H,26,29). The zero-order valence-electron chi connectivity index (χ0n) is 17.8. The summed E-state index contributed by atoms with van der Waals surface area (Å²) in [4.78, 5) is 24.7. The van der Waals surface area contributed by atoms with E-state index >= 15 is 0 Å². The van der Waals surface area contributed by atoms with Crippen molar-refractivity contribution in [1.82, 2.24) is 5.32 Å². The van der Waals surface area contributed by atoms with Crippen LogP contribution < -0.4 is 10.0 Å². The summed E-state index contributed by atoms with van der Waals surface area (Å²) in [6.07, 6.45) is -0.0530. The molecular formula is C24H23FN2O5S. The molecule has 1 unspecified atom stereocenters. The zero-order valence-corrected chi connectivity index (χ0v) is 18.6. The summed E-state index contributed by atoms with van der Waals surface area (Å²) in [7, 11) is -4.05. The Balaban J connectivity index is 1.75. The van der Waals surface area contributed by atoms with Crippen LogP contribution in [0.5, 0.6) is 0 Å². The van der Waals surface area contributed by atoms with Crippen LogP contribution in [0.25, 0.3) is 0 Å². The fraction of sp³-hybridized carbons (Fsp3) is 0.167. The molecule has 0 fully saturated rings. The molecule has 0 bridgehead atoms. The maximum atomic E-state index is 13.8. The number of carbonyl (C=O) groups is 2. The molecular weight excluding hydrogens is 447 g/mol. The Kier molecular flexibility index (Phi) is 7.78. The second-order valence-electron chi connectivity index (χ2n) is 7.06. The van der Waals surface area contributed by atoms with E-state index in [0.717, 1.165) is 11.6 Å². The summed E-state index contributed by atoms with van der Waals surface area (Å²) >= 11 is 0. The number of anilines is 1. The molecule has 0 radical (unpaired) electrons. The number of rotatable bonds is 9. The van der Waals surface area contributed by atoms with Gasteiger partial charge in [0.1, 0.15) is 5.82 Å². The molecule has 172 valence electrons. The van der Waals surface area contributed by atoms with Crippen LogP contribution >= 0.6 is 0 Å². The van der Waals surface area contributed by atoms with Crippen molar-refractivity contribution in [3.8, 4) is 0 Å². The van der Waals surface area contributed by atoms with Crippen molar-refractivity contribution < 1.29 is 27.1 Å². The molecule has 0 aliphatic rings. The second-order valence-corrected chi connectivity index (χ2v) is 8.74. The van der Waals surface area contributed by atoms with Crippen molar-refractivity contribution in [3.05, 3.63) is 95.8 Å². The minimum atomic E-state index is -4.05. The fourth-order valence-corrected chi connectivity index (χ4v) is 4.17. The molecule has 3 aromatic carbocycles. The summed E-state index contributed by atoms with van der Waals surface area (Å²) in [5.41, 5.74) is 0.751. The number of carbonyl (C=O) groups excluding carboxylic acids is 2. The van der Waals surface area contributed by atoms with E-state index in [4.69, 9.17) is 4.74 Å². The van der Waals surface area contributed by atoms with Crippen molar-refractivity contribution in [2.45, 2.75) is 24.3 Å². The smallest absolute Gasteiger partial charge is 0.308 e. The molecule has 0 aromatic heterocycles. The van der Waals surface area contributed by atoms with Gasteiger partial charge in [-0.15, -0.1) is 0 Å². The fourth-order valence-electron chi connectivity index (χ4n) is 3.10. The van der Waals surface area contributed by atoms with E-state index in [9.17, 15) is 22.4 Å². The third-order valence-corrected chi connectivity index (χ3v) is 6.11. The highest BCUT2D eigenvalue weighted by molar-refractivity contribution is 7.92. The SMILES string of the molecule is CCOC(=O)CC(NC(=O)c1ccc(S(=O)(=O)Nc2ccccc2F)cc1)c1ccccc1. The molecule has 9 heteroatoms. The van der Waals surface area contributed by atoms with Crippen molar-refractivity contribution in [2.75, 3.05) is 11.3 Å². The number of sulfonamides is 1. The topological polar surface area (TPSA) is 102 Å². The van der Waals surface area contributed by atoms with Gasteiger partial charge in [0.2, 0.25) is 0 Å². The summed E-state index contributed by atoms with van der Waals surface area (Å²) in [5, 5.41) is 2.79. The van der Waals surface area contributed by atoms with E-state index < -0.39 is 33.8 Å². The number of hydrogen-bond donors (Lipinski definition) is 2. The van der Waals surface area contributed by atoms with E-state index in [2.05, 4.69) is 10.0 Å². The summed E-state index contributed by atoms with van der Waals surface area (Å²) in [5.74, 6) is -1.64. The van der Waals surface area contributed by atoms with E-state index in [1.54, 1.807) is 31.2 Å². The maximum Gasteiger partial charge on any atom is 0.308 e.